The number of nitrogens with zero attached hydrogens (tertiary/aromatic N) is 3. The molecule has 0 saturated carbocycles. The predicted molar refractivity (Wildman–Crippen MR) is 162 cm³/mol. The average molecular weight is 589 g/mol. The minimum Gasteiger partial charge on any atom is -0.444 e. The van der Waals surface area contributed by atoms with Gasteiger partial charge in [0.2, 0.25) is 11.8 Å². The van der Waals surface area contributed by atoms with Crippen LogP contribution in [0.15, 0.2) is 73.2 Å². The van der Waals surface area contributed by atoms with Crippen LogP contribution in [0.1, 0.15) is 70.7 Å². The molecular formula is C32H40N6O5. The fourth-order valence-corrected chi connectivity index (χ4v) is 4.80. The summed E-state index contributed by atoms with van der Waals surface area (Å²) in [6.45, 7) is 9.63. The molecule has 0 spiro atoms. The van der Waals surface area contributed by atoms with E-state index in [0.29, 0.717) is 18.7 Å². The van der Waals surface area contributed by atoms with E-state index in [1.807, 2.05) is 35.2 Å². The number of hydrogen-bond donors (Lipinski definition) is 3. The summed E-state index contributed by atoms with van der Waals surface area (Å²) in [5.41, 5.74) is -0.794. The number of aromatic nitrogens is 2. The first-order chi connectivity index (χ1) is 20.3. The van der Waals surface area contributed by atoms with Crippen molar-refractivity contribution in [1.82, 2.24) is 25.1 Å². The van der Waals surface area contributed by atoms with Gasteiger partial charge in [0.15, 0.2) is 5.82 Å². The largest absolute Gasteiger partial charge is 0.444 e. The zero-order chi connectivity index (χ0) is 31.2. The summed E-state index contributed by atoms with van der Waals surface area (Å²) in [7, 11) is 0. The third-order valence-electron chi connectivity index (χ3n) is 6.97. The Balaban J connectivity index is 1.54. The molecule has 3 N–H and O–H groups in total. The standard InChI is InChI=1S/C32H40N6O5/c1-31(2,3)43-30(42)36-32(4,5)29(41)35-25(22-14-8-6-9-15-22)27(39)34-24-20-38(21-33-24)26(23-16-10-7-11-17-23)28(40)37-18-12-13-19-37/h6-11,14-17,20-21,25-26H,12-13,18-19H2,1-5H3,(H,34,39)(H,35,41)(H,36,42). The van der Waals surface area contributed by atoms with Crippen molar-refractivity contribution >= 4 is 29.6 Å². The highest BCUT2D eigenvalue weighted by molar-refractivity contribution is 5.99. The van der Waals surface area contributed by atoms with Gasteiger partial charge in [-0.1, -0.05) is 60.7 Å². The van der Waals surface area contributed by atoms with Gasteiger partial charge in [-0.15, -0.1) is 0 Å². The molecule has 1 aromatic heterocycles. The molecule has 1 saturated heterocycles. The highest BCUT2D eigenvalue weighted by Crippen LogP contribution is 2.25. The summed E-state index contributed by atoms with van der Waals surface area (Å²) in [5.74, 6) is -0.942. The number of nitrogens with one attached hydrogen (secondary N) is 3. The summed E-state index contributed by atoms with van der Waals surface area (Å²) in [4.78, 5) is 59.1. The first-order valence-corrected chi connectivity index (χ1v) is 14.4. The number of hydrogen-bond acceptors (Lipinski definition) is 6. The molecule has 43 heavy (non-hydrogen) atoms. The number of anilines is 1. The van der Waals surface area contributed by atoms with Crippen LogP contribution >= 0.6 is 0 Å². The lowest BCUT2D eigenvalue weighted by Crippen LogP contribution is -2.57. The van der Waals surface area contributed by atoms with Crippen molar-refractivity contribution in [2.45, 2.75) is 70.7 Å². The van der Waals surface area contributed by atoms with Gasteiger partial charge in [-0.3, -0.25) is 14.4 Å². The lowest BCUT2D eigenvalue weighted by atomic mass is 10.0. The van der Waals surface area contributed by atoms with Gasteiger partial charge in [0.05, 0.1) is 6.33 Å². The molecule has 228 valence electrons. The van der Waals surface area contributed by atoms with Crippen LogP contribution in [0.3, 0.4) is 0 Å². The number of carbonyl (C=O) groups excluding carboxylic acids is 4. The van der Waals surface area contributed by atoms with Crippen molar-refractivity contribution in [2.24, 2.45) is 0 Å². The van der Waals surface area contributed by atoms with Crippen LogP contribution in [-0.2, 0) is 19.1 Å². The molecule has 1 fully saturated rings. The minimum atomic E-state index is -1.39. The average Bonchev–Trinajstić information content (AvgIpc) is 3.64. The van der Waals surface area contributed by atoms with Gasteiger partial charge in [-0.25, -0.2) is 9.78 Å². The molecule has 2 unspecified atom stereocenters. The zero-order valence-electron chi connectivity index (χ0n) is 25.3. The number of imidazole rings is 1. The molecule has 3 aromatic rings. The van der Waals surface area contributed by atoms with Crippen LogP contribution in [0.25, 0.3) is 0 Å². The number of amides is 4. The Kier molecular flexibility index (Phi) is 9.53. The van der Waals surface area contributed by atoms with Crippen LogP contribution in [0.4, 0.5) is 10.6 Å². The summed E-state index contributed by atoms with van der Waals surface area (Å²) >= 11 is 0. The van der Waals surface area contributed by atoms with Crippen LogP contribution in [-0.4, -0.2) is 62.5 Å². The fourth-order valence-electron chi connectivity index (χ4n) is 4.80. The van der Waals surface area contributed by atoms with Crippen molar-refractivity contribution in [1.29, 1.82) is 0 Å². The summed E-state index contributed by atoms with van der Waals surface area (Å²) < 4.78 is 6.99. The molecule has 2 atom stereocenters. The summed E-state index contributed by atoms with van der Waals surface area (Å²) in [6.07, 6.45) is 4.31. The van der Waals surface area contributed by atoms with Gasteiger partial charge in [-0.05, 0) is 58.6 Å². The van der Waals surface area contributed by atoms with Gasteiger partial charge < -0.3 is 30.2 Å². The summed E-state index contributed by atoms with van der Waals surface area (Å²) in [6, 6.07) is 16.5. The Labute approximate surface area is 252 Å². The highest BCUT2D eigenvalue weighted by atomic mass is 16.6. The normalized spacial score (nSPS) is 14.9. The van der Waals surface area contributed by atoms with Gasteiger partial charge >= 0.3 is 6.09 Å². The summed E-state index contributed by atoms with van der Waals surface area (Å²) in [5, 5.41) is 8.10. The molecule has 0 aliphatic carbocycles. The highest BCUT2D eigenvalue weighted by Gasteiger charge is 2.35. The maximum atomic E-state index is 13.6. The van der Waals surface area contributed by atoms with E-state index in [9.17, 15) is 19.2 Å². The van der Waals surface area contributed by atoms with Crippen LogP contribution in [0, 0.1) is 0 Å². The Morgan fingerprint density at radius 1 is 0.860 bits per heavy atom. The van der Waals surface area contributed by atoms with E-state index in [0.717, 1.165) is 18.4 Å². The van der Waals surface area contributed by atoms with Crippen LogP contribution in [0.2, 0.25) is 0 Å². The van der Waals surface area contributed by atoms with Crippen LogP contribution < -0.4 is 16.0 Å². The molecule has 4 amide bonds. The van der Waals surface area contributed by atoms with Crippen molar-refractivity contribution in [3.63, 3.8) is 0 Å². The maximum Gasteiger partial charge on any atom is 0.408 e. The second kappa shape index (κ2) is 13.1. The quantitative estimate of drug-likeness (QED) is 0.343. The van der Waals surface area contributed by atoms with Crippen molar-refractivity contribution in [3.05, 3.63) is 84.3 Å². The number of rotatable bonds is 9. The van der Waals surface area contributed by atoms with Crippen molar-refractivity contribution in [2.75, 3.05) is 18.4 Å². The fraction of sp³-hybridized carbons (Fsp3) is 0.406. The number of likely N-dealkylation sites (tertiary alicyclic amines) is 1. The van der Waals surface area contributed by atoms with E-state index in [1.165, 1.54) is 20.2 Å². The zero-order valence-corrected chi connectivity index (χ0v) is 25.3. The third kappa shape index (κ3) is 8.21. The van der Waals surface area contributed by atoms with Gasteiger partial charge in [-0.2, -0.15) is 0 Å². The molecule has 0 radical (unpaired) electrons. The van der Waals surface area contributed by atoms with E-state index in [1.54, 1.807) is 61.9 Å². The third-order valence-corrected chi connectivity index (χ3v) is 6.97. The molecule has 1 aliphatic rings. The van der Waals surface area contributed by atoms with Gasteiger partial charge in [0, 0.05) is 19.3 Å². The molecule has 4 rings (SSSR count). The van der Waals surface area contributed by atoms with E-state index in [2.05, 4.69) is 20.9 Å². The smallest absolute Gasteiger partial charge is 0.408 e. The molecule has 2 heterocycles. The monoisotopic (exact) mass is 588 g/mol. The van der Waals surface area contributed by atoms with Crippen molar-refractivity contribution < 1.29 is 23.9 Å². The van der Waals surface area contributed by atoms with Crippen molar-refractivity contribution in [3.8, 4) is 0 Å². The predicted octanol–water partition coefficient (Wildman–Crippen LogP) is 4.19. The van der Waals surface area contributed by atoms with Gasteiger partial charge in [0.1, 0.15) is 23.2 Å². The van der Waals surface area contributed by atoms with E-state index in [4.69, 9.17) is 4.74 Å². The second-order valence-electron chi connectivity index (χ2n) is 12.1. The lowest BCUT2D eigenvalue weighted by Gasteiger charge is -2.29. The Hall–Kier alpha value is -4.67. The number of carbonyl (C=O) groups is 4. The molecule has 1 aliphatic heterocycles. The SMILES string of the molecule is CC(C)(C)OC(=O)NC(C)(C)C(=O)NC(C(=O)Nc1cn(C(C(=O)N2CCCC2)c2ccccc2)cn1)c1ccccc1. The Bertz CT molecular complexity index is 1430. The van der Waals surface area contributed by atoms with Gasteiger partial charge in [0.25, 0.3) is 5.91 Å². The second-order valence-corrected chi connectivity index (χ2v) is 12.1. The molecule has 11 heteroatoms. The molecule has 2 aromatic carbocycles. The van der Waals surface area contributed by atoms with E-state index < -0.39 is 41.1 Å². The Morgan fingerprint density at radius 2 is 1.44 bits per heavy atom. The molecule has 0 bridgehead atoms. The first-order valence-electron chi connectivity index (χ1n) is 14.4. The van der Waals surface area contributed by atoms with Crippen LogP contribution in [0.5, 0.6) is 0 Å². The number of ether oxygens (including phenoxy) is 1. The first kappa shape index (κ1) is 31.3. The van der Waals surface area contributed by atoms with E-state index in [-0.39, 0.29) is 11.7 Å². The molecule has 11 nitrogen and oxygen atoms in total. The Morgan fingerprint density at radius 3 is 2.02 bits per heavy atom. The van der Waals surface area contributed by atoms with E-state index >= 15 is 0 Å². The number of alkyl carbamates (subject to hydrolysis) is 1. The topological polar surface area (TPSA) is 135 Å². The minimum absolute atomic E-state index is 0.0341. The lowest BCUT2D eigenvalue weighted by molar-refractivity contribution is -0.132. The number of benzene rings is 2. The maximum absolute atomic E-state index is 13.6. The molecular weight excluding hydrogens is 548 g/mol.